The molecule has 0 aromatic carbocycles. The summed E-state index contributed by atoms with van der Waals surface area (Å²) in [4.78, 5) is 4.00. The molecule has 0 spiro atoms. The monoisotopic (exact) mass is 290 g/mol. The lowest BCUT2D eigenvalue weighted by Crippen LogP contribution is -2.39. The average Bonchev–Trinajstić information content (AvgIpc) is 2.30. The molecule has 1 N–H and O–H groups in total. The standard InChI is InChI=1S/C12H18N2O2S.ClH/c1-10-5-6-12(14-8-10)17(15,16)9-11-4-2-3-7-13-11;/h5-6,8,11,13H,2-4,7,9H2,1H3;1H. The first-order valence-electron chi connectivity index (χ1n) is 5.97. The van der Waals surface area contributed by atoms with Crippen LogP contribution in [0.5, 0.6) is 0 Å². The molecular weight excluding hydrogens is 272 g/mol. The molecule has 1 aliphatic rings. The van der Waals surface area contributed by atoms with Gasteiger partial charge in [0.05, 0.1) is 5.75 Å². The van der Waals surface area contributed by atoms with Gasteiger partial charge >= 0.3 is 0 Å². The van der Waals surface area contributed by atoms with Crippen LogP contribution in [0.1, 0.15) is 24.8 Å². The lowest BCUT2D eigenvalue weighted by atomic mass is 10.1. The molecule has 0 aliphatic carbocycles. The predicted molar refractivity (Wildman–Crippen MR) is 73.9 cm³/mol. The number of aromatic nitrogens is 1. The largest absolute Gasteiger partial charge is 0.313 e. The summed E-state index contributed by atoms with van der Waals surface area (Å²) in [6, 6.07) is 3.46. The molecule has 102 valence electrons. The molecule has 1 aromatic heterocycles. The van der Waals surface area contributed by atoms with Gasteiger partial charge in [0.15, 0.2) is 14.9 Å². The third-order valence-corrected chi connectivity index (χ3v) is 4.76. The Morgan fingerprint density at radius 2 is 2.17 bits per heavy atom. The highest BCUT2D eigenvalue weighted by atomic mass is 35.5. The Labute approximate surface area is 115 Å². The Morgan fingerprint density at radius 3 is 2.72 bits per heavy atom. The van der Waals surface area contributed by atoms with E-state index in [-0.39, 0.29) is 29.2 Å². The van der Waals surface area contributed by atoms with E-state index >= 15 is 0 Å². The van der Waals surface area contributed by atoms with E-state index < -0.39 is 9.84 Å². The zero-order valence-corrected chi connectivity index (χ0v) is 12.1. The summed E-state index contributed by atoms with van der Waals surface area (Å²) in [7, 11) is -3.25. The minimum absolute atomic E-state index is 0. The second kappa shape index (κ2) is 6.50. The van der Waals surface area contributed by atoms with Crippen molar-refractivity contribution in [3.8, 4) is 0 Å². The van der Waals surface area contributed by atoms with E-state index in [1.165, 1.54) is 0 Å². The summed E-state index contributed by atoms with van der Waals surface area (Å²) in [6.07, 6.45) is 4.78. The molecule has 1 aromatic rings. The number of aryl methyl sites for hydroxylation is 1. The van der Waals surface area contributed by atoms with Crippen molar-refractivity contribution >= 4 is 22.2 Å². The van der Waals surface area contributed by atoms with E-state index in [2.05, 4.69) is 10.3 Å². The predicted octanol–water partition coefficient (Wildman–Crippen LogP) is 1.73. The smallest absolute Gasteiger partial charge is 0.197 e. The zero-order chi connectivity index (χ0) is 12.3. The first-order valence-corrected chi connectivity index (χ1v) is 7.62. The number of nitrogens with one attached hydrogen (secondary N) is 1. The highest BCUT2D eigenvalue weighted by molar-refractivity contribution is 7.91. The van der Waals surface area contributed by atoms with Gasteiger partial charge in [0.1, 0.15) is 0 Å². The van der Waals surface area contributed by atoms with Crippen LogP contribution in [0, 0.1) is 6.92 Å². The summed E-state index contributed by atoms with van der Waals surface area (Å²) in [5, 5.41) is 3.44. The first-order chi connectivity index (χ1) is 8.08. The van der Waals surface area contributed by atoms with Crippen molar-refractivity contribution in [3.05, 3.63) is 23.9 Å². The molecule has 1 atom stereocenters. The zero-order valence-electron chi connectivity index (χ0n) is 10.4. The molecule has 4 nitrogen and oxygen atoms in total. The van der Waals surface area contributed by atoms with Crippen LogP contribution in [-0.4, -0.2) is 31.7 Å². The van der Waals surface area contributed by atoms with Crippen molar-refractivity contribution in [2.24, 2.45) is 0 Å². The van der Waals surface area contributed by atoms with E-state index in [1.54, 1.807) is 18.3 Å². The number of piperidine rings is 1. The number of halogens is 1. The van der Waals surface area contributed by atoms with Crippen molar-refractivity contribution in [2.45, 2.75) is 37.3 Å². The van der Waals surface area contributed by atoms with E-state index in [9.17, 15) is 8.42 Å². The SMILES string of the molecule is Cc1ccc(S(=O)(=O)CC2CCCCN2)nc1.Cl. The molecule has 1 unspecified atom stereocenters. The Hall–Kier alpha value is -0.650. The Morgan fingerprint density at radius 1 is 1.39 bits per heavy atom. The maximum Gasteiger partial charge on any atom is 0.197 e. The fraction of sp³-hybridized carbons (Fsp3) is 0.583. The van der Waals surface area contributed by atoms with Gasteiger partial charge in [0, 0.05) is 12.2 Å². The third-order valence-electron chi connectivity index (χ3n) is 3.04. The van der Waals surface area contributed by atoms with E-state index in [1.807, 2.05) is 6.92 Å². The van der Waals surface area contributed by atoms with Crippen molar-refractivity contribution < 1.29 is 8.42 Å². The minimum Gasteiger partial charge on any atom is -0.313 e. The summed E-state index contributed by atoms with van der Waals surface area (Å²) >= 11 is 0. The van der Waals surface area contributed by atoms with Gasteiger partial charge in [-0.25, -0.2) is 13.4 Å². The van der Waals surface area contributed by atoms with Gasteiger partial charge in [-0.3, -0.25) is 0 Å². The maximum atomic E-state index is 12.1. The van der Waals surface area contributed by atoms with Gasteiger partial charge in [0.25, 0.3) is 0 Å². The van der Waals surface area contributed by atoms with Gasteiger partial charge in [-0.1, -0.05) is 12.5 Å². The highest BCUT2D eigenvalue weighted by Gasteiger charge is 2.23. The van der Waals surface area contributed by atoms with Crippen LogP contribution < -0.4 is 5.32 Å². The van der Waals surface area contributed by atoms with E-state index in [0.29, 0.717) is 0 Å². The lowest BCUT2D eigenvalue weighted by Gasteiger charge is -2.22. The Bertz CT molecular complexity index is 467. The summed E-state index contributed by atoms with van der Waals surface area (Å²) in [5.74, 6) is 0.156. The van der Waals surface area contributed by atoms with E-state index in [0.717, 1.165) is 31.4 Å². The van der Waals surface area contributed by atoms with Crippen molar-refractivity contribution in [3.63, 3.8) is 0 Å². The van der Waals surface area contributed by atoms with E-state index in [4.69, 9.17) is 0 Å². The topological polar surface area (TPSA) is 59.1 Å². The lowest BCUT2D eigenvalue weighted by molar-refractivity contribution is 0.423. The number of pyridine rings is 1. The minimum atomic E-state index is -3.25. The van der Waals surface area contributed by atoms with Crippen molar-refractivity contribution in [2.75, 3.05) is 12.3 Å². The normalized spacial score (nSPS) is 20.2. The first kappa shape index (κ1) is 15.4. The summed E-state index contributed by atoms with van der Waals surface area (Å²) in [5.41, 5.74) is 0.972. The third kappa shape index (κ3) is 3.93. The van der Waals surface area contributed by atoms with Gasteiger partial charge in [-0.05, 0) is 37.9 Å². The Kier molecular flexibility index (Phi) is 5.56. The fourth-order valence-electron chi connectivity index (χ4n) is 2.05. The highest BCUT2D eigenvalue weighted by Crippen LogP contribution is 2.14. The molecule has 6 heteroatoms. The van der Waals surface area contributed by atoms with Gasteiger partial charge in [0.2, 0.25) is 0 Å². The number of hydrogen-bond acceptors (Lipinski definition) is 4. The van der Waals surface area contributed by atoms with Crippen LogP contribution in [-0.2, 0) is 9.84 Å². The summed E-state index contributed by atoms with van der Waals surface area (Å²) in [6.45, 7) is 2.81. The molecule has 0 saturated carbocycles. The fourth-order valence-corrected chi connectivity index (χ4v) is 3.53. The summed E-state index contributed by atoms with van der Waals surface area (Å²) < 4.78 is 24.2. The van der Waals surface area contributed by atoms with Gasteiger partial charge in [-0.2, -0.15) is 0 Å². The van der Waals surface area contributed by atoms with Crippen LogP contribution >= 0.6 is 12.4 Å². The van der Waals surface area contributed by atoms with Crippen LogP contribution in [0.4, 0.5) is 0 Å². The number of hydrogen-bond donors (Lipinski definition) is 1. The van der Waals surface area contributed by atoms with Crippen LogP contribution in [0.3, 0.4) is 0 Å². The molecule has 0 radical (unpaired) electrons. The van der Waals surface area contributed by atoms with Crippen molar-refractivity contribution in [1.82, 2.24) is 10.3 Å². The Balaban J connectivity index is 0.00000162. The van der Waals surface area contributed by atoms with Crippen molar-refractivity contribution in [1.29, 1.82) is 0 Å². The number of nitrogens with zero attached hydrogens (tertiary/aromatic N) is 1. The number of rotatable bonds is 3. The molecule has 1 saturated heterocycles. The second-order valence-corrected chi connectivity index (χ2v) is 6.58. The molecule has 18 heavy (non-hydrogen) atoms. The second-order valence-electron chi connectivity index (χ2n) is 4.60. The maximum absolute atomic E-state index is 12.1. The molecule has 1 fully saturated rings. The molecule has 0 amide bonds. The van der Waals surface area contributed by atoms with Crippen LogP contribution in [0.2, 0.25) is 0 Å². The quantitative estimate of drug-likeness (QED) is 0.921. The molecule has 0 bridgehead atoms. The molecule has 2 rings (SSSR count). The molecular formula is C12H19ClN2O2S. The average molecular weight is 291 g/mol. The van der Waals surface area contributed by atoms with Crippen LogP contribution in [0.15, 0.2) is 23.4 Å². The molecule has 2 heterocycles. The van der Waals surface area contributed by atoms with Crippen LogP contribution in [0.25, 0.3) is 0 Å². The molecule has 1 aliphatic heterocycles. The van der Waals surface area contributed by atoms with Gasteiger partial charge in [-0.15, -0.1) is 12.4 Å². The van der Waals surface area contributed by atoms with Gasteiger partial charge < -0.3 is 5.32 Å². The number of sulfone groups is 1.